The van der Waals surface area contributed by atoms with Crippen LogP contribution in [0.3, 0.4) is 0 Å². The fourth-order valence-electron chi connectivity index (χ4n) is 4.65. The number of fused-ring (bicyclic) bond motifs is 2. The van der Waals surface area contributed by atoms with E-state index in [1.54, 1.807) is 6.20 Å². The van der Waals surface area contributed by atoms with Gasteiger partial charge in [-0.15, -0.1) is 0 Å². The molecule has 3 aromatic heterocycles. The van der Waals surface area contributed by atoms with E-state index in [2.05, 4.69) is 88.6 Å². The molecular formula is C31H25N3O. The standard InChI is InChI=1S/C31H25N3O/c1-21-5-10-26(28-20-34-30-12-15-33-19-29(28)30)31(17-21)35-16-13-22-6-8-24(9-7-22)25-4-2-3-23-11-14-32-18-27(23)25/h2-12,14-15,17-20,34H,13,16H2,1H3. The van der Waals surface area contributed by atoms with E-state index in [4.69, 9.17) is 4.74 Å². The number of hydrogen-bond donors (Lipinski definition) is 1. The summed E-state index contributed by atoms with van der Waals surface area (Å²) in [6.07, 6.45) is 10.3. The maximum absolute atomic E-state index is 6.32. The highest BCUT2D eigenvalue weighted by atomic mass is 16.5. The van der Waals surface area contributed by atoms with Crippen molar-refractivity contribution >= 4 is 21.7 Å². The molecule has 0 saturated heterocycles. The SMILES string of the molecule is Cc1ccc(-c2c[nH]c3ccncc23)c(OCCc2ccc(-c3cccc4ccncc34)cc2)c1. The number of hydrogen-bond acceptors (Lipinski definition) is 3. The van der Waals surface area contributed by atoms with Crippen LogP contribution < -0.4 is 4.74 Å². The molecule has 0 amide bonds. The monoisotopic (exact) mass is 455 g/mol. The van der Waals surface area contributed by atoms with E-state index >= 15 is 0 Å². The van der Waals surface area contributed by atoms with Crippen LogP contribution in [0.25, 0.3) is 43.9 Å². The maximum atomic E-state index is 6.32. The second-order valence-electron chi connectivity index (χ2n) is 8.82. The number of aryl methyl sites for hydroxylation is 1. The van der Waals surface area contributed by atoms with E-state index in [-0.39, 0.29) is 0 Å². The van der Waals surface area contributed by atoms with Gasteiger partial charge in [0.1, 0.15) is 5.75 Å². The van der Waals surface area contributed by atoms with Crippen molar-refractivity contribution < 1.29 is 4.74 Å². The highest BCUT2D eigenvalue weighted by Gasteiger charge is 2.12. The molecule has 170 valence electrons. The second-order valence-corrected chi connectivity index (χ2v) is 8.82. The summed E-state index contributed by atoms with van der Waals surface area (Å²) in [5.74, 6) is 0.898. The molecule has 0 atom stereocenters. The van der Waals surface area contributed by atoms with E-state index in [0.29, 0.717) is 6.61 Å². The normalized spacial score (nSPS) is 11.2. The molecule has 0 bridgehead atoms. The molecule has 0 saturated carbocycles. The number of H-pyrrole nitrogens is 1. The molecular weight excluding hydrogens is 430 g/mol. The number of nitrogens with one attached hydrogen (secondary N) is 1. The number of rotatable bonds is 6. The van der Waals surface area contributed by atoms with Crippen LogP contribution in [0.5, 0.6) is 5.75 Å². The quantitative estimate of drug-likeness (QED) is 0.285. The van der Waals surface area contributed by atoms with Gasteiger partial charge in [-0.25, -0.2) is 0 Å². The van der Waals surface area contributed by atoms with Gasteiger partial charge in [0.25, 0.3) is 0 Å². The first-order chi connectivity index (χ1) is 17.3. The molecule has 6 rings (SSSR count). The Morgan fingerprint density at radius 3 is 2.49 bits per heavy atom. The maximum Gasteiger partial charge on any atom is 0.127 e. The fourth-order valence-corrected chi connectivity index (χ4v) is 4.65. The Labute approximate surface area is 204 Å². The Hall–Kier alpha value is -4.44. The summed E-state index contributed by atoms with van der Waals surface area (Å²) in [4.78, 5) is 12.0. The Kier molecular flexibility index (Phi) is 5.47. The van der Waals surface area contributed by atoms with Crippen LogP contribution in [0.2, 0.25) is 0 Å². The second kappa shape index (κ2) is 9.07. The van der Waals surface area contributed by atoms with Crippen molar-refractivity contribution in [1.29, 1.82) is 0 Å². The smallest absolute Gasteiger partial charge is 0.127 e. The van der Waals surface area contributed by atoms with Crippen molar-refractivity contribution in [2.24, 2.45) is 0 Å². The van der Waals surface area contributed by atoms with Crippen LogP contribution in [-0.4, -0.2) is 21.6 Å². The van der Waals surface area contributed by atoms with E-state index in [1.807, 2.05) is 30.9 Å². The van der Waals surface area contributed by atoms with E-state index < -0.39 is 0 Å². The molecule has 1 N–H and O–H groups in total. The molecule has 4 nitrogen and oxygen atoms in total. The molecule has 0 aliphatic rings. The number of aromatic amines is 1. The van der Waals surface area contributed by atoms with Crippen LogP contribution in [0, 0.1) is 6.92 Å². The third kappa shape index (κ3) is 4.15. The summed E-state index contributed by atoms with van der Waals surface area (Å²) in [6.45, 7) is 2.70. The third-order valence-electron chi connectivity index (χ3n) is 6.51. The van der Waals surface area contributed by atoms with Gasteiger partial charge >= 0.3 is 0 Å². The predicted molar refractivity (Wildman–Crippen MR) is 143 cm³/mol. The molecule has 0 radical (unpaired) electrons. The van der Waals surface area contributed by atoms with Crippen molar-refractivity contribution in [3.8, 4) is 28.0 Å². The predicted octanol–water partition coefficient (Wildman–Crippen LogP) is 7.38. The van der Waals surface area contributed by atoms with Gasteiger partial charge < -0.3 is 9.72 Å². The van der Waals surface area contributed by atoms with Crippen molar-refractivity contribution in [3.05, 3.63) is 115 Å². The number of pyridine rings is 2. The van der Waals surface area contributed by atoms with E-state index in [1.165, 1.54) is 33.0 Å². The zero-order chi connectivity index (χ0) is 23.6. The van der Waals surface area contributed by atoms with Gasteiger partial charge in [0.05, 0.1) is 6.61 Å². The van der Waals surface area contributed by atoms with Gasteiger partial charge in [0.15, 0.2) is 0 Å². The Bertz CT molecular complexity index is 1630. The number of ether oxygens (including phenoxy) is 1. The van der Waals surface area contributed by atoms with Crippen molar-refractivity contribution in [1.82, 2.24) is 15.0 Å². The average Bonchev–Trinajstić information content (AvgIpc) is 3.33. The first-order valence-electron chi connectivity index (χ1n) is 11.8. The third-order valence-corrected chi connectivity index (χ3v) is 6.51. The fraction of sp³-hybridized carbons (Fsp3) is 0.0968. The summed E-state index contributed by atoms with van der Waals surface area (Å²) in [5.41, 5.74) is 8.09. The molecule has 3 aromatic carbocycles. The summed E-state index contributed by atoms with van der Waals surface area (Å²) >= 11 is 0. The van der Waals surface area contributed by atoms with Gasteiger partial charge in [-0.3, -0.25) is 9.97 Å². The van der Waals surface area contributed by atoms with Gasteiger partial charge in [-0.1, -0.05) is 54.6 Å². The lowest BCUT2D eigenvalue weighted by atomic mass is 9.98. The lowest BCUT2D eigenvalue weighted by Gasteiger charge is -2.13. The lowest BCUT2D eigenvalue weighted by molar-refractivity contribution is 0.323. The molecule has 0 spiro atoms. The largest absolute Gasteiger partial charge is 0.493 e. The molecule has 6 aromatic rings. The van der Waals surface area contributed by atoms with Gasteiger partial charge in [0.2, 0.25) is 0 Å². The first-order valence-corrected chi connectivity index (χ1v) is 11.8. The van der Waals surface area contributed by atoms with Crippen molar-refractivity contribution in [3.63, 3.8) is 0 Å². The van der Waals surface area contributed by atoms with E-state index in [0.717, 1.165) is 34.2 Å². The van der Waals surface area contributed by atoms with Crippen molar-refractivity contribution in [2.45, 2.75) is 13.3 Å². The zero-order valence-corrected chi connectivity index (χ0v) is 19.5. The van der Waals surface area contributed by atoms with Gasteiger partial charge in [-0.05, 0) is 52.8 Å². The molecule has 0 fully saturated rings. The van der Waals surface area contributed by atoms with Crippen LogP contribution >= 0.6 is 0 Å². The Morgan fingerprint density at radius 2 is 1.60 bits per heavy atom. The minimum Gasteiger partial charge on any atom is -0.493 e. The van der Waals surface area contributed by atoms with E-state index in [9.17, 15) is 0 Å². The van der Waals surface area contributed by atoms with Crippen molar-refractivity contribution in [2.75, 3.05) is 6.61 Å². The number of nitrogens with zero attached hydrogens (tertiary/aromatic N) is 2. The average molecular weight is 456 g/mol. The lowest BCUT2D eigenvalue weighted by Crippen LogP contribution is -2.02. The summed E-state index contributed by atoms with van der Waals surface area (Å²) in [7, 11) is 0. The summed E-state index contributed by atoms with van der Waals surface area (Å²) in [5, 5.41) is 3.47. The number of aromatic nitrogens is 3. The molecule has 4 heteroatoms. The van der Waals surface area contributed by atoms with Crippen LogP contribution in [-0.2, 0) is 6.42 Å². The van der Waals surface area contributed by atoms with Gasteiger partial charge in [-0.2, -0.15) is 0 Å². The highest BCUT2D eigenvalue weighted by Crippen LogP contribution is 2.35. The highest BCUT2D eigenvalue weighted by molar-refractivity contribution is 5.97. The molecule has 35 heavy (non-hydrogen) atoms. The van der Waals surface area contributed by atoms with Crippen LogP contribution in [0.1, 0.15) is 11.1 Å². The molecule has 0 aliphatic carbocycles. The van der Waals surface area contributed by atoms with Gasteiger partial charge in [0, 0.05) is 64.8 Å². The molecule has 0 unspecified atom stereocenters. The number of benzene rings is 3. The minimum atomic E-state index is 0.606. The zero-order valence-electron chi connectivity index (χ0n) is 19.5. The minimum absolute atomic E-state index is 0.606. The van der Waals surface area contributed by atoms with Crippen LogP contribution in [0.15, 0.2) is 104 Å². The Balaban J connectivity index is 1.20. The summed E-state index contributed by atoms with van der Waals surface area (Å²) < 4.78 is 6.32. The molecule has 3 heterocycles. The summed E-state index contributed by atoms with van der Waals surface area (Å²) in [6, 6.07) is 25.6. The topological polar surface area (TPSA) is 50.8 Å². The Morgan fingerprint density at radius 1 is 0.771 bits per heavy atom. The first kappa shape index (κ1) is 21.1. The van der Waals surface area contributed by atoms with Crippen LogP contribution in [0.4, 0.5) is 0 Å². The molecule has 0 aliphatic heterocycles.